The van der Waals surface area contributed by atoms with Crippen molar-refractivity contribution in [2.75, 3.05) is 6.54 Å². The van der Waals surface area contributed by atoms with Gasteiger partial charge in [0.15, 0.2) is 0 Å². The number of hydrogen-bond donors (Lipinski definition) is 1. The largest absolute Gasteiger partial charge is 0.312 e. The van der Waals surface area contributed by atoms with Crippen LogP contribution in [0, 0.1) is 0 Å². The first-order valence-corrected chi connectivity index (χ1v) is 7.28. The van der Waals surface area contributed by atoms with Crippen LogP contribution >= 0.6 is 11.6 Å². The third-order valence-electron chi connectivity index (χ3n) is 3.98. The first kappa shape index (κ1) is 11.5. The van der Waals surface area contributed by atoms with E-state index in [0.29, 0.717) is 5.92 Å². The summed E-state index contributed by atoms with van der Waals surface area (Å²) < 4.78 is 2.11. The molecule has 1 aromatic carbocycles. The highest BCUT2D eigenvalue weighted by atomic mass is 35.5. The Balaban J connectivity index is 1.87. The van der Waals surface area contributed by atoms with E-state index < -0.39 is 0 Å². The molecule has 1 fully saturated rings. The first-order valence-electron chi connectivity index (χ1n) is 6.90. The molecule has 2 aromatic rings. The minimum absolute atomic E-state index is 0.689. The van der Waals surface area contributed by atoms with Gasteiger partial charge in [0.1, 0.15) is 0 Å². The van der Waals surface area contributed by atoms with E-state index in [2.05, 4.69) is 16.1 Å². The molecule has 1 aliphatic carbocycles. The van der Waals surface area contributed by atoms with Gasteiger partial charge in [-0.2, -0.15) is 5.10 Å². The summed E-state index contributed by atoms with van der Waals surface area (Å²) in [4.78, 5) is 0. The summed E-state index contributed by atoms with van der Waals surface area (Å²) in [6.07, 6.45) is 3.62. The Morgan fingerprint density at radius 2 is 2.21 bits per heavy atom. The van der Waals surface area contributed by atoms with Crippen molar-refractivity contribution in [3.63, 3.8) is 0 Å². The van der Waals surface area contributed by atoms with Crippen LogP contribution in [-0.2, 0) is 13.0 Å². The Hall–Kier alpha value is -1.32. The minimum Gasteiger partial charge on any atom is -0.312 e. The Labute approximate surface area is 117 Å². The van der Waals surface area contributed by atoms with E-state index in [1.54, 1.807) is 0 Å². The van der Waals surface area contributed by atoms with Gasteiger partial charge < -0.3 is 5.32 Å². The van der Waals surface area contributed by atoms with Crippen molar-refractivity contribution in [2.45, 2.75) is 31.7 Å². The maximum Gasteiger partial charge on any atom is 0.0707 e. The van der Waals surface area contributed by atoms with Crippen LogP contribution < -0.4 is 5.32 Å². The zero-order valence-corrected chi connectivity index (χ0v) is 11.5. The third-order valence-corrected chi connectivity index (χ3v) is 4.21. The Morgan fingerprint density at radius 3 is 3.00 bits per heavy atom. The van der Waals surface area contributed by atoms with Crippen LogP contribution in [0.4, 0.5) is 0 Å². The molecule has 3 nitrogen and oxygen atoms in total. The van der Waals surface area contributed by atoms with Gasteiger partial charge in [-0.05, 0) is 31.0 Å². The molecule has 2 aliphatic rings. The molecule has 0 atom stereocenters. The molecular formula is C15H16ClN3. The smallest absolute Gasteiger partial charge is 0.0707 e. The second-order valence-corrected chi connectivity index (χ2v) is 5.84. The lowest BCUT2D eigenvalue weighted by molar-refractivity contribution is 0.621. The normalized spacial score (nSPS) is 18.4. The average Bonchev–Trinajstić information content (AvgIpc) is 3.20. The predicted octanol–water partition coefficient (Wildman–Crippen LogP) is 3.05. The highest BCUT2D eigenvalue weighted by molar-refractivity contribution is 6.30. The predicted molar refractivity (Wildman–Crippen MR) is 76.0 cm³/mol. The van der Waals surface area contributed by atoms with Crippen LogP contribution in [-0.4, -0.2) is 16.3 Å². The monoisotopic (exact) mass is 273 g/mol. The molecule has 4 rings (SSSR count). The molecule has 1 N–H and O–H groups in total. The van der Waals surface area contributed by atoms with Gasteiger partial charge in [-0.1, -0.05) is 17.7 Å². The number of nitrogens with one attached hydrogen (secondary N) is 1. The first-order chi connectivity index (χ1) is 9.33. The molecule has 1 saturated carbocycles. The number of aromatic nitrogens is 2. The number of benzene rings is 1. The SMILES string of the molecule is Clc1cccc(-n2nc(C3CC3)c3c2CCNC3)c1. The highest BCUT2D eigenvalue weighted by Gasteiger charge is 2.32. The molecule has 0 saturated heterocycles. The summed E-state index contributed by atoms with van der Waals surface area (Å²) in [5.41, 5.74) is 5.18. The van der Waals surface area contributed by atoms with E-state index in [1.807, 2.05) is 18.2 Å². The van der Waals surface area contributed by atoms with E-state index in [0.717, 1.165) is 30.2 Å². The summed E-state index contributed by atoms with van der Waals surface area (Å²) in [6, 6.07) is 7.97. The number of nitrogens with zero attached hydrogens (tertiary/aromatic N) is 2. The van der Waals surface area contributed by atoms with Gasteiger partial charge >= 0.3 is 0 Å². The summed E-state index contributed by atoms with van der Waals surface area (Å²) in [5, 5.41) is 9.11. The third kappa shape index (κ3) is 1.97. The maximum atomic E-state index is 6.11. The number of rotatable bonds is 2. The highest BCUT2D eigenvalue weighted by Crippen LogP contribution is 2.42. The van der Waals surface area contributed by atoms with E-state index in [4.69, 9.17) is 16.7 Å². The summed E-state index contributed by atoms with van der Waals surface area (Å²) in [7, 11) is 0. The van der Waals surface area contributed by atoms with Gasteiger partial charge in [0.2, 0.25) is 0 Å². The van der Waals surface area contributed by atoms with Crippen molar-refractivity contribution in [3.05, 3.63) is 46.2 Å². The lowest BCUT2D eigenvalue weighted by Gasteiger charge is -2.15. The minimum atomic E-state index is 0.689. The van der Waals surface area contributed by atoms with Crippen LogP contribution in [0.5, 0.6) is 0 Å². The van der Waals surface area contributed by atoms with Crippen LogP contribution in [0.15, 0.2) is 24.3 Å². The summed E-state index contributed by atoms with van der Waals surface area (Å²) in [6.45, 7) is 1.99. The Bertz CT molecular complexity index is 628. The van der Waals surface area contributed by atoms with Gasteiger partial charge in [-0.15, -0.1) is 0 Å². The molecule has 2 heterocycles. The van der Waals surface area contributed by atoms with E-state index >= 15 is 0 Å². The van der Waals surface area contributed by atoms with Crippen molar-refractivity contribution in [2.24, 2.45) is 0 Å². The van der Waals surface area contributed by atoms with Crippen LogP contribution in [0.3, 0.4) is 0 Å². The fraction of sp³-hybridized carbons (Fsp3) is 0.400. The van der Waals surface area contributed by atoms with Crippen molar-refractivity contribution in [1.82, 2.24) is 15.1 Å². The van der Waals surface area contributed by atoms with Gasteiger partial charge in [0.05, 0.1) is 17.1 Å². The zero-order valence-electron chi connectivity index (χ0n) is 10.7. The summed E-state index contributed by atoms with van der Waals surface area (Å²) >= 11 is 6.11. The van der Waals surface area contributed by atoms with Gasteiger partial charge in [-0.3, -0.25) is 0 Å². The van der Waals surface area contributed by atoms with Gasteiger partial charge in [0.25, 0.3) is 0 Å². The van der Waals surface area contributed by atoms with Crippen molar-refractivity contribution >= 4 is 11.6 Å². The van der Waals surface area contributed by atoms with Gasteiger partial charge in [-0.25, -0.2) is 4.68 Å². The molecule has 0 amide bonds. The van der Waals surface area contributed by atoms with Gasteiger partial charge in [0, 0.05) is 36.0 Å². The molecule has 0 spiro atoms. The van der Waals surface area contributed by atoms with Crippen molar-refractivity contribution in [3.8, 4) is 5.69 Å². The topological polar surface area (TPSA) is 29.9 Å². The summed E-state index contributed by atoms with van der Waals surface area (Å²) in [5.74, 6) is 0.689. The molecule has 0 radical (unpaired) electrons. The molecule has 19 heavy (non-hydrogen) atoms. The Kier molecular flexibility index (Phi) is 2.64. The lowest BCUT2D eigenvalue weighted by atomic mass is 10.0. The molecule has 1 aliphatic heterocycles. The standard InChI is InChI=1S/C15H16ClN3/c16-11-2-1-3-12(8-11)19-14-6-7-17-9-13(14)15(18-19)10-4-5-10/h1-3,8,10,17H,4-7,9H2. The number of hydrogen-bond acceptors (Lipinski definition) is 2. The quantitative estimate of drug-likeness (QED) is 0.911. The second kappa shape index (κ2) is 4.36. The molecular weight excluding hydrogens is 258 g/mol. The van der Waals surface area contributed by atoms with Crippen molar-refractivity contribution in [1.29, 1.82) is 0 Å². The molecule has 0 unspecified atom stereocenters. The Morgan fingerprint density at radius 1 is 1.32 bits per heavy atom. The second-order valence-electron chi connectivity index (χ2n) is 5.40. The van der Waals surface area contributed by atoms with E-state index in [-0.39, 0.29) is 0 Å². The average molecular weight is 274 g/mol. The molecule has 98 valence electrons. The fourth-order valence-electron chi connectivity index (χ4n) is 2.88. The molecule has 4 heteroatoms. The molecule has 1 aromatic heterocycles. The van der Waals surface area contributed by atoms with E-state index in [1.165, 1.54) is 29.8 Å². The van der Waals surface area contributed by atoms with Crippen LogP contribution in [0.2, 0.25) is 5.02 Å². The van der Waals surface area contributed by atoms with Crippen molar-refractivity contribution < 1.29 is 0 Å². The maximum absolute atomic E-state index is 6.11. The number of fused-ring (bicyclic) bond motifs is 1. The zero-order chi connectivity index (χ0) is 12.8. The van der Waals surface area contributed by atoms with Crippen LogP contribution in [0.25, 0.3) is 5.69 Å². The lowest BCUT2D eigenvalue weighted by Crippen LogP contribution is -2.24. The number of halogens is 1. The fourth-order valence-corrected chi connectivity index (χ4v) is 3.06. The van der Waals surface area contributed by atoms with E-state index in [9.17, 15) is 0 Å². The molecule has 0 bridgehead atoms. The van der Waals surface area contributed by atoms with Crippen LogP contribution in [0.1, 0.15) is 35.7 Å².